The van der Waals surface area contributed by atoms with Gasteiger partial charge in [-0.3, -0.25) is 9.59 Å². The van der Waals surface area contributed by atoms with Gasteiger partial charge in [-0.05, 0) is 63.6 Å². The molecule has 1 fully saturated rings. The Kier molecular flexibility index (Phi) is 6.47. The third kappa shape index (κ3) is 4.43. The molecule has 1 aromatic heterocycles. The smallest absolute Gasteiger partial charge is 0.255 e. The standard InChI is InChI=1S/C26H29N3O4S/c1-18-6-5-7-23(16-18)29-19(2)17-25(20(29)3)26(31)27-12-14-28(15-13-27)34(32,33)24-10-8-22(9-11-24)21(4)30/h5-11,16-17H,12-15H2,1-4H3. The van der Waals surface area contributed by atoms with E-state index in [1.54, 1.807) is 4.90 Å². The van der Waals surface area contributed by atoms with Gasteiger partial charge in [-0.2, -0.15) is 4.31 Å². The number of amides is 1. The van der Waals surface area contributed by atoms with Gasteiger partial charge in [-0.1, -0.05) is 24.3 Å². The third-order valence-electron chi connectivity index (χ3n) is 6.35. The number of carbonyl (C=O) groups is 2. The summed E-state index contributed by atoms with van der Waals surface area (Å²) < 4.78 is 29.5. The van der Waals surface area contributed by atoms with Crippen LogP contribution in [0.25, 0.3) is 5.69 Å². The largest absolute Gasteiger partial charge is 0.336 e. The van der Waals surface area contributed by atoms with Crippen LogP contribution in [0, 0.1) is 20.8 Å². The Morgan fingerprint density at radius 3 is 2.09 bits per heavy atom. The first-order valence-corrected chi connectivity index (χ1v) is 12.7. The molecule has 178 valence electrons. The third-order valence-corrected chi connectivity index (χ3v) is 8.26. The van der Waals surface area contributed by atoms with Crippen LogP contribution in [0.5, 0.6) is 0 Å². The highest BCUT2D eigenvalue weighted by molar-refractivity contribution is 7.89. The van der Waals surface area contributed by atoms with Crippen molar-refractivity contribution >= 4 is 21.7 Å². The molecule has 1 saturated heterocycles. The molecule has 2 heterocycles. The molecule has 0 spiro atoms. The number of benzene rings is 2. The average Bonchev–Trinajstić information content (AvgIpc) is 3.12. The number of ketones is 1. The predicted molar refractivity (Wildman–Crippen MR) is 131 cm³/mol. The van der Waals surface area contributed by atoms with Gasteiger partial charge < -0.3 is 9.47 Å². The van der Waals surface area contributed by atoms with Crippen molar-refractivity contribution in [2.75, 3.05) is 26.2 Å². The summed E-state index contributed by atoms with van der Waals surface area (Å²) >= 11 is 0. The summed E-state index contributed by atoms with van der Waals surface area (Å²) in [6.45, 7) is 8.47. The maximum absolute atomic E-state index is 13.3. The molecule has 8 heteroatoms. The van der Waals surface area contributed by atoms with Gasteiger partial charge in [0.1, 0.15) is 0 Å². The van der Waals surface area contributed by atoms with Crippen LogP contribution in [0.15, 0.2) is 59.5 Å². The number of piperazine rings is 1. The zero-order valence-electron chi connectivity index (χ0n) is 19.9. The Bertz CT molecular complexity index is 1350. The van der Waals surface area contributed by atoms with Gasteiger partial charge in [0.05, 0.1) is 10.5 Å². The monoisotopic (exact) mass is 479 g/mol. The number of hydrogen-bond donors (Lipinski definition) is 0. The summed E-state index contributed by atoms with van der Waals surface area (Å²) in [6.07, 6.45) is 0. The van der Waals surface area contributed by atoms with Crippen molar-refractivity contribution in [3.63, 3.8) is 0 Å². The fourth-order valence-electron chi connectivity index (χ4n) is 4.46. The highest BCUT2D eigenvalue weighted by Gasteiger charge is 2.31. The van der Waals surface area contributed by atoms with Crippen LogP contribution >= 0.6 is 0 Å². The van der Waals surface area contributed by atoms with E-state index in [-0.39, 0.29) is 29.7 Å². The number of rotatable bonds is 5. The van der Waals surface area contributed by atoms with Crippen molar-refractivity contribution in [3.8, 4) is 5.69 Å². The summed E-state index contributed by atoms with van der Waals surface area (Å²) in [7, 11) is -3.69. The maximum atomic E-state index is 13.3. The topological polar surface area (TPSA) is 79.7 Å². The summed E-state index contributed by atoms with van der Waals surface area (Å²) in [5, 5.41) is 0. The van der Waals surface area contributed by atoms with Crippen molar-refractivity contribution in [3.05, 3.63) is 82.7 Å². The van der Waals surface area contributed by atoms with Gasteiger partial charge in [0.2, 0.25) is 10.0 Å². The minimum absolute atomic E-state index is 0.0881. The fraction of sp³-hybridized carbons (Fsp3) is 0.308. The lowest BCUT2D eigenvalue weighted by Gasteiger charge is -2.34. The Morgan fingerprint density at radius 1 is 0.853 bits per heavy atom. The molecule has 0 aliphatic carbocycles. The molecular formula is C26H29N3O4S. The van der Waals surface area contributed by atoms with Gasteiger partial charge in [0, 0.05) is 48.8 Å². The molecule has 34 heavy (non-hydrogen) atoms. The van der Waals surface area contributed by atoms with Crippen LogP contribution in [0.1, 0.15) is 44.6 Å². The van der Waals surface area contributed by atoms with Crippen LogP contribution in [-0.2, 0) is 10.0 Å². The second-order valence-corrected chi connectivity index (χ2v) is 10.7. The molecule has 2 aromatic carbocycles. The number of carbonyl (C=O) groups excluding carboxylic acids is 2. The molecule has 7 nitrogen and oxygen atoms in total. The van der Waals surface area contributed by atoms with Crippen molar-refractivity contribution < 1.29 is 18.0 Å². The van der Waals surface area contributed by atoms with E-state index >= 15 is 0 Å². The first-order valence-electron chi connectivity index (χ1n) is 11.3. The Balaban J connectivity index is 1.49. The number of Topliss-reactive ketones (excluding diaryl/α,β-unsaturated/α-hetero) is 1. The molecule has 0 N–H and O–H groups in total. The maximum Gasteiger partial charge on any atom is 0.255 e. The predicted octanol–water partition coefficient (Wildman–Crippen LogP) is 3.75. The van der Waals surface area contributed by atoms with E-state index in [1.165, 1.54) is 35.5 Å². The second-order valence-electron chi connectivity index (χ2n) is 8.74. The minimum atomic E-state index is -3.69. The van der Waals surface area contributed by atoms with Crippen LogP contribution < -0.4 is 0 Å². The highest BCUT2D eigenvalue weighted by Crippen LogP contribution is 2.24. The van der Waals surface area contributed by atoms with Gasteiger partial charge in [-0.25, -0.2) is 8.42 Å². The fourth-order valence-corrected chi connectivity index (χ4v) is 5.88. The molecule has 1 aliphatic heterocycles. The van der Waals surface area contributed by atoms with E-state index in [0.29, 0.717) is 24.2 Å². The Morgan fingerprint density at radius 2 is 1.50 bits per heavy atom. The van der Waals surface area contributed by atoms with E-state index in [9.17, 15) is 18.0 Å². The van der Waals surface area contributed by atoms with Crippen molar-refractivity contribution in [1.82, 2.24) is 13.8 Å². The number of sulfonamides is 1. The van der Waals surface area contributed by atoms with E-state index in [4.69, 9.17) is 0 Å². The van der Waals surface area contributed by atoms with Gasteiger partial charge in [0.25, 0.3) is 5.91 Å². The lowest BCUT2D eigenvalue weighted by molar-refractivity contribution is 0.0697. The molecule has 1 aliphatic rings. The first kappa shape index (κ1) is 23.9. The molecule has 1 amide bonds. The van der Waals surface area contributed by atoms with Crippen LogP contribution in [0.3, 0.4) is 0 Å². The summed E-state index contributed by atoms with van der Waals surface area (Å²) in [6, 6.07) is 16.0. The molecule has 0 radical (unpaired) electrons. The summed E-state index contributed by atoms with van der Waals surface area (Å²) in [5.74, 6) is -0.201. The average molecular weight is 480 g/mol. The first-order chi connectivity index (χ1) is 16.1. The van der Waals surface area contributed by atoms with Crippen LogP contribution in [-0.4, -0.2) is 60.1 Å². The summed E-state index contributed by atoms with van der Waals surface area (Å²) in [4.78, 5) is 26.7. The molecule has 3 aromatic rings. The number of hydrogen-bond acceptors (Lipinski definition) is 4. The summed E-state index contributed by atoms with van der Waals surface area (Å²) in [5.41, 5.74) is 5.11. The zero-order chi connectivity index (χ0) is 24.6. The van der Waals surface area contributed by atoms with E-state index < -0.39 is 10.0 Å². The normalized spacial score (nSPS) is 14.9. The quantitative estimate of drug-likeness (QED) is 0.522. The molecular weight excluding hydrogens is 450 g/mol. The zero-order valence-corrected chi connectivity index (χ0v) is 20.7. The lowest BCUT2D eigenvalue weighted by Crippen LogP contribution is -2.50. The molecule has 0 atom stereocenters. The lowest BCUT2D eigenvalue weighted by atomic mass is 10.2. The SMILES string of the molecule is CC(=O)c1ccc(S(=O)(=O)N2CCN(C(=O)c3cc(C)n(-c4cccc(C)c4)c3C)CC2)cc1. The number of aromatic nitrogens is 1. The number of nitrogens with zero attached hydrogens (tertiary/aromatic N) is 3. The molecule has 0 saturated carbocycles. The number of aryl methyl sites for hydroxylation is 2. The van der Waals surface area contributed by atoms with Gasteiger partial charge in [0.15, 0.2) is 5.78 Å². The van der Waals surface area contributed by atoms with Crippen molar-refractivity contribution in [1.29, 1.82) is 0 Å². The van der Waals surface area contributed by atoms with E-state index in [1.807, 2.05) is 45.0 Å². The van der Waals surface area contributed by atoms with Gasteiger partial charge in [-0.15, -0.1) is 0 Å². The second kappa shape index (κ2) is 9.19. The van der Waals surface area contributed by atoms with E-state index in [2.05, 4.69) is 10.6 Å². The Hall–Kier alpha value is -3.23. The van der Waals surface area contributed by atoms with Crippen LogP contribution in [0.4, 0.5) is 0 Å². The van der Waals surface area contributed by atoms with Gasteiger partial charge >= 0.3 is 0 Å². The van der Waals surface area contributed by atoms with Crippen molar-refractivity contribution in [2.24, 2.45) is 0 Å². The minimum Gasteiger partial charge on any atom is -0.336 e. The highest BCUT2D eigenvalue weighted by atomic mass is 32.2. The van der Waals surface area contributed by atoms with Crippen LogP contribution in [0.2, 0.25) is 0 Å². The van der Waals surface area contributed by atoms with E-state index in [0.717, 1.165) is 22.6 Å². The molecule has 0 unspecified atom stereocenters. The van der Waals surface area contributed by atoms with Crippen molar-refractivity contribution in [2.45, 2.75) is 32.6 Å². The molecule has 4 rings (SSSR count). The Labute approximate surface area is 200 Å². The molecule has 0 bridgehead atoms.